The Kier molecular flexibility index (Phi) is 6.83. The third-order valence-corrected chi connectivity index (χ3v) is 6.13. The van der Waals surface area contributed by atoms with Gasteiger partial charge in [0.05, 0.1) is 8.81 Å². The molecule has 15 heavy (non-hydrogen) atoms. The fourth-order valence-electron chi connectivity index (χ4n) is 1.41. The van der Waals surface area contributed by atoms with Crippen LogP contribution in [0, 0.1) is 0 Å². The number of alkyl halides is 1. The van der Waals surface area contributed by atoms with Crippen LogP contribution in [0.3, 0.4) is 0 Å². The van der Waals surface area contributed by atoms with E-state index in [1.54, 1.807) is 11.3 Å². The lowest BCUT2D eigenvalue weighted by Gasteiger charge is -2.06. The molecule has 0 saturated heterocycles. The molecule has 4 heteroatoms. The number of hydrogen-bond acceptors (Lipinski definition) is 1. The lowest BCUT2D eigenvalue weighted by atomic mass is 10.1. The van der Waals surface area contributed by atoms with Crippen molar-refractivity contribution in [1.82, 2.24) is 0 Å². The predicted molar refractivity (Wildman–Crippen MR) is 77.5 cm³/mol. The van der Waals surface area contributed by atoms with Gasteiger partial charge in [0.1, 0.15) is 0 Å². The zero-order valence-corrected chi connectivity index (χ0v) is 13.5. The molecule has 86 valence electrons. The van der Waals surface area contributed by atoms with E-state index in [1.807, 2.05) is 0 Å². The molecule has 0 N–H and O–H groups in total. The molecule has 0 radical (unpaired) electrons. The van der Waals surface area contributed by atoms with Crippen LogP contribution in [-0.4, -0.2) is 0 Å². The van der Waals surface area contributed by atoms with Crippen LogP contribution >= 0.6 is 54.8 Å². The third-order valence-electron chi connectivity index (χ3n) is 2.28. The Morgan fingerprint density at radius 1 is 1.40 bits per heavy atom. The molecule has 0 bridgehead atoms. The van der Waals surface area contributed by atoms with Crippen LogP contribution in [0.15, 0.2) is 9.85 Å². The second kappa shape index (κ2) is 7.31. The largest absolute Gasteiger partial charge is 0.130 e. The highest BCUT2D eigenvalue weighted by Crippen LogP contribution is 2.40. The van der Waals surface area contributed by atoms with Gasteiger partial charge in [0.15, 0.2) is 0 Å². The summed E-state index contributed by atoms with van der Waals surface area (Å²) in [6.07, 6.45) is 6.46. The van der Waals surface area contributed by atoms with Gasteiger partial charge in [0, 0.05) is 9.70 Å². The predicted octanol–water partition coefficient (Wildman–Crippen LogP) is 6.57. The minimum atomic E-state index is 0.461. The zero-order valence-electron chi connectivity index (χ0n) is 8.73. The van der Waals surface area contributed by atoms with E-state index in [2.05, 4.69) is 44.8 Å². The highest BCUT2D eigenvalue weighted by molar-refractivity contribution is 9.11. The van der Waals surface area contributed by atoms with Crippen LogP contribution in [0.1, 0.15) is 48.7 Å². The molecule has 0 amide bonds. The van der Waals surface area contributed by atoms with Gasteiger partial charge in [-0.05, 0) is 28.4 Å². The average Bonchev–Trinajstić information content (AvgIpc) is 2.54. The summed E-state index contributed by atoms with van der Waals surface area (Å²) in [5.41, 5.74) is 0. The van der Waals surface area contributed by atoms with Crippen LogP contribution in [0.25, 0.3) is 0 Å². The Morgan fingerprint density at radius 3 is 2.67 bits per heavy atom. The summed E-state index contributed by atoms with van der Waals surface area (Å²) in [4.78, 5) is 1.78. The summed E-state index contributed by atoms with van der Waals surface area (Å²) < 4.78 is 1.04. The third kappa shape index (κ3) is 4.76. The SMILES string of the molecule is CCCCCCC(Br)c1cc(Cl)c(Br)s1. The molecule has 0 aliphatic rings. The van der Waals surface area contributed by atoms with E-state index in [-0.39, 0.29) is 0 Å². The maximum atomic E-state index is 6.00. The van der Waals surface area contributed by atoms with Gasteiger partial charge < -0.3 is 0 Å². The molecule has 1 aromatic heterocycles. The second-order valence-electron chi connectivity index (χ2n) is 3.59. The number of unbranched alkanes of at least 4 members (excludes halogenated alkanes) is 3. The van der Waals surface area contributed by atoms with E-state index < -0.39 is 0 Å². The Balaban J connectivity index is 2.36. The van der Waals surface area contributed by atoms with Crippen LogP contribution in [0.2, 0.25) is 5.02 Å². The van der Waals surface area contributed by atoms with E-state index in [9.17, 15) is 0 Å². The summed E-state index contributed by atoms with van der Waals surface area (Å²) in [5.74, 6) is 0. The topological polar surface area (TPSA) is 0 Å². The Morgan fingerprint density at radius 2 is 2.13 bits per heavy atom. The van der Waals surface area contributed by atoms with Crippen LogP contribution in [-0.2, 0) is 0 Å². The summed E-state index contributed by atoms with van der Waals surface area (Å²) in [6.45, 7) is 2.24. The minimum absolute atomic E-state index is 0.461. The maximum absolute atomic E-state index is 6.00. The molecule has 0 fully saturated rings. The summed E-state index contributed by atoms with van der Waals surface area (Å²) in [6, 6.07) is 2.05. The number of thiophene rings is 1. The van der Waals surface area contributed by atoms with Crippen molar-refractivity contribution in [2.24, 2.45) is 0 Å². The first-order valence-electron chi connectivity index (χ1n) is 5.24. The van der Waals surface area contributed by atoms with Crippen LogP contribution in [0.5, 0.6) is 0 Å². The monoisotopic (exact) mass is 372 g/mol. The van der Waals surface area contributed by atoms with Crippen molar-refractivity contribution >= 4 is 54.8 Å². The molecular weight excluding hydrogens is 359 g/mol. The molecule has 0 aromatic carbocycles. The van der Waals surface area contributed by atoms with Gasteiger partial charge in [-0.2, -0.15) is 0 Å². The van der Waals surface area contributed by atoms with Crippen molar-refractivity contribution in [1.29, 1.82) is 0 Å². The van der Waals surface area contributed by atoms with Crippen molar-refractivity contribution in [3.8, 4) is 0 Å². The quantitative estimate of drug-likeness (QED) is 0.390. The van der Waals surface area contributed by atoms with E-state index >= 15 is 0 Å². The Hall–Kier alpha value is 0.950. The molecule has 0 saturated carbocycles. The molecule has 1 aromatic rings. The minimum Gasteiger partial charge on any atom is -0.130 e. The van der Waals surface area contributed by atoms with Gasteiger partial charge in [0.25, 0.3) is 0 Å². The molecular formula is C11H15Br2ClS. The van der Waals surface area contributed by atoms with Gasteiger partial charge in [-0.25, -0.2) is 0 Å². The fraction of sp³-hybridized carbons (Fsp3) is 0.636. The van der Waals surface area contributed by atoms with Gasteiger partial charge in [-0.1, -0.05) is 60.1 Å². The normalized spacial score (nSPS) is 13.1. The molecule has 0 aliphatic heterocycles. The van der Waals surface area contributed by atoms with Gasteiger partial charge in [-0.15, -0.1) is 11.3 Å². The smallest absolute Gasteiger partial charge is 0.0887 e. The van der Waals surface area contributed by atoms with Crippen molar-refractivity contribution < 1.29 is 0 Å². The highest BCUT2D eigenvalue weighted by Gasteiger charge is 2.12. The number of rotatable bonds is 6. The van der Waals surface area contributed by atoms with E-state index in [1.165, 1.54) is 37.0 Å². The zero-order chi connectivity index (χ0) is 11.3. The average molecular weight is 375 g/mol. The lowest BCUT2D eigenvalue weighted by molar-refractivity contribution is 0.632. The van der Waals surface area contributed by atoms with Crippen molar-refractivity contribution in [2.45, 2.75) is 43.9 Å². The molecule has 0 nitrogen and oxygen atoms in total. The molecule has 1 unspecified atom stereocenters. The van der Waals surface area contributed by atoms with Gasteiger partial charge in [-0.3, -0.25) is 0 Å². The maximum Gasteiger partial charge on any atom is 0.0887 e. The van der Waals surface area contributed by atoms with Gasteiger partial charge >= 0.3 is 0 Å². The number of hydrogen-bond donors (Lipinski definition) is 0. The van der Waals surface area contributed by atoms with E-state index in [0.29, 0.717) is 4.83 Å². The first-order chi connectivity index (χ1) is 7.15. The van der Waals surface area contributed by atoms with E-state index in [4.69, 9.17) is 11.6 Å². The number of halogens is 3. The summed E-state index contributed by atoms with van der Waals surface area (Å²) in [5, 5.41) is 0.827. The summed E-state index contributed by atoms with van der Waals surface area (Å²) in [7, 11) is 0. The molecule has 0 aliphatic carbocycles. The lowest BCUT2D eigenvalue weighted by Crippen LogP contribution is -1.86. The first-order valence-corrected chi connectivity index (χ1v) is 8.14. The molecule has 1 rings (SSSR count). The molecule has 0 spiro atoms. The highest BCUT2D eigenvalue weighted by atomic mass is 79.9. The molecule has 1 atom stereocenters. The first kappa shape index (κ1) is 14.0. The Labute approximate surface area is 118 Å². The summed E-state index contributed by atoms with van der Waals surface area (Å²) >= 11 is 14.9. The second-order valence-corrected chi connectivity index (χ2v) is 7.50. The molecule has 1 heterocycles. The fourth-order valence-corrected chi connectivity index (χ4v) is 3.91. The Bertz CT molecular complexity index is 279. The standard InChI is InChI=1S/C11H15Br2ClS/c1-2-3-4-5-6-8(12)10-7-9(14)11(13)15-10/h7-8H,2-6H2,1H3. The van der Waals surface area contributed by atoms with Crippen molar-refractivity contribution in [3.63, 3.8) is 0 Å². The van der Waals surface area contributed by atoms with Crippen LogP contribution in [0.4, 0.5) is 0 Å². The van der Waals surface area contributed by atoms with Crippen molar-refractivity contribution in [3.05, 3.63) is 19.8 Å². The van der Waals surface area contributed by atoms with Crippen molar-refractivity contribution in [2.75, 3.05) is 0 Å². The van der Waals surface area contributed by atoms with E-state index in [0.717, 1.165) is 8.81 Å². The van der Waals surface area contributed by atoms with Gasteiger partial charge in [0.2, 0.25) is 0 Å². The van der Waals surface area contributed by atoms with Crippen LogP contribution < -0.4 is 0 Å².